The van der Waals surface area contributed by atoms with Crippen LogP contribution in [-0.2, 0) is 23.9 Å². The van der Waals surface area contributed by atoms with E-state index < -0.39 is 5.54 Å². The van der Waals surface area contributed by atoms with Crippen LogP contribution in [0.4, 0.5) is 0 Å². The second-order valence-electron chi connectivity index (χ2n) is 10.6. The normalized spacial score (nSPS) is 17.5. The van der Waals surface area contributed by atoms with Crippen molar-refractivity contribution >= 4 is 21.9 Å². The lowest BCUT2D eigenvalue weighted by molar-refractivity contribution is 0.0845. The highest BCUT2D eigenvalue weighted by Gasteiger charge is 2.33. The number of hydrogen-bond donors (Lipinski definition) is 0. The fraction of sp³-hybridized carbons (Fsp3) is 0.464. The second kappa shape index (κ2) is 9.01. The molecule has 8 heteroatoms. The SMILES string of the molecule is Cn1c(=O)n2c3c4c(c(-c5ccc(COCCN6CCCCC6)nc5)ccc4ncc31)OCC2(C)C. The molecule has 188 valence electrons. The lowest BCUT2D eigenvalue weighted by atomic mass is 10.0. The van der Waals surface area contributed by atoms with Crippen molar-refractivity contribution in [2.45, 2.75) is 45.3 Å². The Hall–Kier alpha value is -3.23. The zero-order chi connectivity index (χ0) is 24.9. The molecule has 1 fully saturated rings. The van der Waals surface area contributed by atoms with E-state index in [1.165, 1.54) is 32.4 Å². The summed E-state index contributed by atoms with van der Waals surface area (Å²) in [6.07, 6.45) is 7.60. The molecule has 0 amide bonds. The van der Waals surface area contributed by atoms with Crippen molar-refractivity contribution in [3.8, 4) is 16.9 Å². The van der Waals surface area contributed by atoms with Gasteiger partial charge in [-0.1, -0.05) is 12.5 Å². The number of likely N-dealkylation sites (tertiary alicyclic amines) is 1. The molecule has 3 aromatic heterocycles. The fourth-order valence-corrected chi connectivity index (χ4v) is 5.52. The molecule has 2 aliphatic heterocycles. The van der Waals surface area contributed by atoms with Gasteiger partial charge in [-0.3, -0.25) is 19.1 Å². The van der Waals surface area contributed by atoms with Crippen LogP contribution in [0.15, 0.2) is 41.5 Å². The summed E-state index contributed by atoms with van der Waals surface area (Å²) in [4.78, 5) is 25.0. The van der Waals surface area contributed by atoms with Crippen molar-refractivity contribution < 1.29 is 9.47 Å². The Kier molecular flexibility index (Phi) is 5.80. The van der Waals surface area contributed by atoms with Crippen LogP contribution in [0.5, 0.6) is 5.75 Å². The number of rotatable bonds is 6. The van der Waals surface area contributed by atoms with Gasteiger partial charge in [0.15, 0.2) is 0 Å². The number of aromatic nitrogens is 4. The predicted octanol–water partition coefficient (Wildman–Crippen LogP) is 4.08. The number of aryl methyl sites for hydroxylation is 1. The average Bonchev–Trinajstić information content (AvgIpc) is 3.08. The summed E-state index contributed by atoms with van der Waals surface area (Å²) in [6, 6.07) is 8.12. The van der Waals surface area contributed by atoms with Crippen molar-refractivity contribution in [2.75, 3.05) is 32.8 Å². The molecule has 0 bridgehead atoms. The van der Waals surface area contributed by atoms with E-state index in [1.807, 2.05) is 42.8 Å². The van der Waals surface area contributed by atoms with Gasteiger partial charge in [0, 0.05) is 30.9 Å². The Bertz CT molecular complexity index is 1480. The third-order valence-corrected chi connectivity index (χ3v) is 7.57. The highest BCUT2D eigenvalue weighted by molar-refractivity contribution is 6.09. The van der Waals surface area contributed by atoms with Crippen molar-refractivity contribution in [3.63, 3.8) is 0 Å². The molecule has 0 aliphatic carbocycles. The van der Waals surface area contributed by atoms with Gasteiger partial charge < -0.3 is 14.4 Å². The molecule has 5 heterocycles. The number of ether oxygens (including phenoxy) is 2. The summed E-state index contributed by atoms with van der Waals surface area (Å²) >= 11 is 0. The Morgan fingerprint density at radius 3 is 2.67 bits per heavy atom. The molecule has 0 saturated carbocycles. The molecule has 0 spiro atoms. The predicted molar refractivity (Wildman–Crippen MR) is 140 cm³/mol. The summed E-state index contributed by atoms with van der Waals surface area (Å²) < 4.78 is 15.9. The summed E-state index contributed by atoms with van der Waals surface area (Å²) in [5, 5.41) is 0.874. The molecule has 0 atom stereocenters. The maximum absolute atomic E-state index is 13.2. The molecule has 4 aromatic rings. The van der Waals surface area contributed by atoms with Crippen molar-refractivity contribution in [1.82, 2.24) is 24.0 Å². The number of benzene rings is 1. The Morgan fingerprint density at radius 2 is 1.89 bits per heavy atom. The quantitative estimate of drug-likeness (QED) is 0.382. The first-order valence-electron chi connectivity index (χ1n) is 12.9. The lowest BCUT2D eigenvalue weighted by Crippen LogP contribution is -2.40. The zero-order valence-corrected chi connectivity index (χ0v) is 21.3. The molecular formula is C28H33N5O3. The van der Waals surface area contributed by atoms with Crippen LogP contribution in [0.2, 0.25) is 0 Å². The zero-order valence-electron chi connectivity index (χ0n) is 21.3. The number of pyridine rings is 2. The number of nitrogens with zero attached hydrogens (tertiary/aromatic N) is 5. The van der Waals surface area contributed by atoms with Gasteiger partial charge in [0.2, 0.25) is 0 Å². The van der Waals surface area contributed by atoms with Crippen LogP contribution in [0.3, 0.4) is 0 Å². The maximum Gasteiger partial charge on any atom is 0.329 e. The van der Waals surface area contributed by atoms with Crippen LogP contribution in [0.25, 0.3) is 33.1 Å². The van der Waals surface area contributed by atoms with Crippen molar-refractivity contribution in [1.29, 1.82) is 0 Å². The smallest absolute Gasteiger partial charge is 0.329 e. The van der Waals surface area contributed by atoms with Crippen molar-refractivity contribution in [2.24, 2.45) is 7.05 Å². The van der Waals surface area contributed by atoms with Crippen LogP contribution >= 0.6 is 0 Å². The molecular weight excluding hydrogens is 454 g/mol. The monoisotopic (exact) mass is 487 g/mol. The van der Waals surface area contributed by atoms with Crippen LogP contribution in [-0.4, -0.2) is 56.9 Å². The second-order valence-corrected chi connectivity index (χ2v) is 10.6. The Morgan fingerprint density at radius 1 is 1.06 bits per heavy atom. The minimum atomic E-state index is -0.505. The first-order chi connectivity index (χ1) is 17.4. The van der Waals surface area contributed by atoms with Gasteiger partial charge in [-0.15, -0.1) is 0 Å². The molecule has 0 unspecified atom stereocenters. The first kappa shape index (κ1) is 23.2. The molecule has 1 aromatic carbocycles. The molecule has 0 N–H and O–H groups in total. The summed E-state index contributed by atoms with van der Waals surface area (Å²) in [5.74, 6) is 0.753. The van der Waals surface area contributed by atoms with Gasteiger partial charge in [-0.25, -0.2) is 4.79 Å². The Labute approximate surface area is 210 Å². The topological polar surface area (TPSA) is 74.4 Å². The lowest BCUT2D eigenvalue weighted by Gasteiger charge is -2.26. The van der Waals surface area contributed by atoms with Crippen LogP contribution < -0.4 is 10.4 Å². The van der Waals surface area contributed by atoms with Gasteiger partial charge in [-0.05, 0) is 58.0 Å². The summed E-state index contributed by atoms with van der Waals surface area (Å²) in [6.45, 7) is 9.03. The van der Waals surface area contributed by atoms with Gasteiger partial charge in [0.25, 0.3) is 0 Å². The summed E-state index contributed by atoms with van der Waals surface area (Å²) in [7, 11) is 1.80. The molecule has 6 rings (SSSR count). The highest BCUT2D eigenvalue weighted by atomic mass is 16.5. The molecule has 0 radical (unpaired) electrons. The van der Waals surface area contributed by atoms with E-state index in [4.69, 9.17) is 9.47 Å². The van der Waals surface area contributed by atoms with Crippen LogP contribution in [0, 0.1) is 0 Å². The Balaban J connectivity index is 1.30. The van der Waals surface area contributed by atoms with E-state index in [0.29, 0.717) is 13.2 Å². The number of imidazole rings is 1. The minimum absolute atomic E-state index is 0.0579. The molecule has 8 nitrogen and oxygen atoms in total. The largest absolute Gasteiger partial charge is 0.490 e. The van der Waals surface area contributed by atoms with E-state index in [-0.39, 0.29) is 5.69 Å². The van der Waals surface area contributed by atoms with Gasteiger partial charge in [-0.2, -0.15) is 0 Å². The first-order valence-corrected chi connectivity index (χ1v) is 12.9. The van der Waals surface area contributed by atoms with Gasteiger partial charge in [0.05, 0.1) is 52.6 Å². The maximum atomic E-state index is 13.2. The minimum Gasteiger partial charge on any atom is -0.490 e. The van der Waals surface area contributed by atoms with E-state index >= 15 is 0 Å². The molecule has 36 heavy (non-hydrogen) atoms. The number of hydrogen-bond acceptors (Lipinski definition) is 6. The summed E-state index contributed by atoms with van der Waals surface area (Å²) in [5.41, 5.74) is 4.75. The van der Waals surface area contributed by atoms with E-state index in [0.717, 1.165) is 57.7 Å². The van der Waals surface area contributed by atoms with E-state index in [2.05, 4.69) is 20.9 Å². The average molecular weight is 488 g/mol. The van der Waals surface area contributed by atoms with Gasteiger partial charge >= 0.3 is 5.69 Å². The van der Waals surface area contributed by atoms with Crippen molar-refractivity contribution in [3.05, 3.63) is 52.8 Å². The van der Waals surface area contributed by atoms with Gasteiger partial charge in [0.1, 0.15) is 12.4 Å². The number of piperidine rings is 1. The van der Waals surface area contributed by atoms with E-state index in [9.17, 15) is 4.79 Å². The molecule has 1 saturated heterocycles. The molecule has 2 aliphatic rings. The van der Waals surface area contributed by atoms with E-state index in [1.54, 1.807) is 17.8 Å². The third-order valence-electron chi connectivity index (χ3n) is 7.57. The standard InChI is InChI=1S/C28H33N5O3/c1-28(2)18-36-26-21(9-10-22-24(26)25-23(16-30-22)31(3)27(34)33(25)28)19-7-8-20(29-15-19)17-35-14-13-32-11-5-4-6-12-32/h7-10,15-16H,4-6,11-14,17-18H2,1-3H3. The highest BCUT2D eigenvalue weighted by Crippen LogP contribution is 2.42. The third kappa shape index (κ3) is 3.89. The van der Waals surface area contributed by atoms with Crippen LogP contribution in [0.1, 0.15) is 38.8 Å². The fourth-order valence-electron chi connectivity index (χ4n) is 5.52.